The summed E-state index contributed by atoms with van der Waals surface area (Å²) in [4.78, 5) is 0. The molecule has 3 heteroatoms. The lowest BCUT2D eigenvalue weighted by Gasteiger charge is -1.98. The molecule has 1 atom stereocenters. The van der Waals surface area contributed by atoms with Gasteiger partial charge in [-0.25, -0.2) is 4.21 Å². The minimum Gasteiger partial charge on any atom is -0.295 e. The van der Waals surface area contributed by atoms with Gasteiger partial charge in [0, 0.05) is 10.9 Å². The first kappa shape index (κ1) is 8.82. The second kappa shape index (κ2) is 4.58. The average Bonchev–Trinajstić information content (AvgIpc) is 2.06. The summed E-state index contributed by atoms with van der Waals surface area (Å²) in [7, 11) is -1.28. The standard InChI is InChI=1S/C9H9NOS/c1-2-8-12(11)10-9-6-4-3-5-7-9/h3-7,10H,1H3/t12-/m1/s1. The first-order valence-corrected chi connectivity index (χ1v) is 4.64. The Balaban J connectivity index is 2.63. The molecule has 0 spiro atoms. The first-order chi connectivity index (χ1) is 5.83. The van der Waals surface area contributed by atoms with Gasteiger partial charge in [-0.2, -0.15) is 0 Å². The minimum absolute atomic E-state index is 0.818. The van der Waals surface area contributed by atoms with Gasteiger partial charge in [-0.05, 0) is 19.1 Å². The Morgan fingerprint density at radius 3 is 2.58 bits per heavy atom. The largest absolute Gasteiger partial charge is 0.295 e. The summed E-state index contributed by atoms with van der Waals surface area (Å²) in [5.41, 5.74) is 0.818. The highest BCUT2D eigenvalue weighted by atomic mass is 32.2. The third-order valence-electron chi connectivity index (χ3n) is 1.18. The number of benzene rings is 1. The normalized spacial score (nSPS) is 11.1. The average molecular weight is 179 g/mol. The Morgan fingerprint density at radius 1 is 1.33 bits per heavy atom. The second-order valence-corrected chi connectivity index (χ2v) is 3.03. The molecule has 0 radical (unpaired) electrons. The Hall–Kier alpha value is -1.27. The highest BCUT2D eigenvalue weighted by molar-refractivity contribution is 7.91. The molecule has 0 saturated heterocycles. The molecular weight excluding hydrogens is 170 g/mol. The van der Waals surface area contributed by atoms with Crippen molar-refractivity contribution >= 4 is 16.7 Å². The van der Waals surface area contributed by atoms with Gasteiger partial charge in [0.25, 0.3) is 0 Å². The topological polar surface area (TPSA) is 29.1 Å². The molecule has 0 aromatic heterocycles. The Morgan fingerprint density at radius 2 is 2.00 bits per heavy atom. The van der Waals surface area contributed by atoms with Crippen LogP contribution >= 0.6 is 0 Å². The quantitative estimate of drug-likeness (QED) is 0.688. The summed E-state index contributed by atoms with van der Waals surface area (Å²) in [6.45, 7) is 1.66. The maximum absolute atomic E-state index is 11.0. The second-order valence-electron chi connectivity index (χ2n) is 2.09. The lowest BCUT2D eigenvalue weighted by molar-refractivity contribution is 0.692. The van der Waals surface area contributed by atoms with E-state index in [1.807, 2.05) is 30.3 Å². The molecule has 1 aromatic rings. The van der Waals surface area contributed by atoms with Gasteiger partial charge in [-0.15, -0.1) is 0 Å². The molecule has 2 nitrogen and oxygen atoms in total. The van der Waals surface area contributed by atoms with Crippen molar-refractivity contribution in [1.82, 2.24) is 0 Å². The number of para-hydroxylation sites is 1. The predicted octanol–water partition coefficient (Wildman–Crippen LogP) is 1.74. The maximum atomic E-state index is 11.0. The zero-order chi connectivity index (χ0) is 8.81. The van der Waals surface area contributed by atoms with Crippen LogP contribution in [0.15, 0.2) is 30.3 Å². The van der Waals surface area contributed by atoms with Gasteiger partial charge in [0.1, 0.15) is 0 Å². The van der Waals surface area contributed by atoms with E-state index in [9.17, 15) is 4.21 Å². The summed E-state index contributed by atoms with van der Waals surface area (Å²) >= 11 is 0. The van der Waals surface area contributed by atoms with Crippen molar-refractivity contribution in [2.45, 2.75) is 6.92 Å². The van der Waals surface area contributed by atoms with Crippen LogP contribution in [0.4, 0.5) is 5.69 Å². The fourth-order valence-electron chi connectivity index (χ4n) is 0.731. The third kappa shape index (κ3) is 2.77. The predicted molar refractivity (Wildman–Crippen MR) is 51.7 cm³/mol. The summed E-state index contributed by atoms with van der Waals surface area (Å²) in [6, 6.07) is 9.34. The fourth-order valence-corrected chi connectivity index (χ4v) is 1.32. The zero-order valence-corrected chi connectivity index (χ0v) is 7.52. The van der Waals surface area contributed by atoms with E-state index in [1.165, 1.54) is 0 Å². The van der Waals surface area contributed by atoms with Crippen molar-refractivity contribution in [3.8, 4) is 11.2 Å². The van der Waals surface area contributed by atoms with Gasteiger partial charge < -0.3 is 0 Å². The van der Waals surface area contributed by atoms with E-state index in [0.717, 1.165) is 5.69 Å². The zero-order valence-electron chi connectivity index (χ0n) is 6.70. The van der Waals surface area contributed by atoms with E-state index < -0.39 is 11.0 Å². The molecular formula is C9H9NOS. The van der Waals surface area contributed by atoms with Gasteiger partial charge in [-0.1, -0.05) is 24.1 Å². The first-order valence-electron chi connectivity index (χ1n) is 3.49. The SMILES string of the molecule is CC#C[S@@](=O)Nc1ccccc1. The van der Waals surface area contributed by atoms with Gasteiger partial charge in [0.15, 0.2) is 11.0 Å². The van der Waals surface area contributed by atoms with E-state index in [2.05, 4.69) is 15.9 Å². The molecule has 0 aliphatic rings. The molecule has 0 aliphatic carbocycles. The van der Waals surface area contributed by atoms with Crippen molar-refractivity contribution in [2.24, 2.45) is 0 Å². The molecule has 0 unspecified atom stereocenters. The van der Waals surface area contributed by atoms with Crippen LogP contribution in [-0.2, 0) is 11.0 Å². The monoisotopic (exact) mass is 179 g/mol. The molecule has 62 valence electrons. The number of rotatable bonds is 2. The summed E-state index contributed by atoms with van der Waals surface area (Å²) in [6.07, 6.45) is 0. The van der Waals surface area contributed by atoms with E-state index >= 15 is 0 Å². The number of hydrogen-bond acceptors (Lipinski definition) is 1. The molecule has 0 fully saturated rings. The molecule has 0 saturated carbocycles. The smallest absolute Gasteiger partial charge is 0.196 e. The fraction of sp³-hybridized carbons (Fsp3) is 0.111. The van der Waals surface area contributed by atoms with Crippen molar-refractivity contribution < 1.29 is 4.21 Å². The van der Waals surface area contributed by atoms with Crippen LogP contribution in [0.2, 0.25) is 0 Å². The molecule has 0 aliphatic heterocycles. The van der Waals surface area contributed by atoms with Crippen LogP contribution < -0.4 is 4.72 Å². The molecule has 0 bridgehead atoms. The van der Waals surface area contributed by atoms with Crippen LogP contribution in [0.5, 0.6) is 0 Å². The highest BCUT2D eigenvalue weighted by Gasteiger charge is 1.92. The molecule has 12 heavy (non-hydrogen) atoms. The molecule has 1 N–H and O–H groups in total. The van der Waals surface area contributed by atoms with Crippen LogP contribution in [0, 0.1) is 11.2 Å². The van der Waals surface area contributed by atoms with E-state index in [1.54, 1.807) is 6.92 Å². The van der Waals surface area contributed by atoms with Crippen molar-refractivity contribution in [3.63, 3.8) is 0 Å². The number of nitrogens with one attached hydrogen (secondary N) is 1. The lowest BCUT2D eigenvalue weighted by Crippen LogP contribution is -2.00. The van der Waals surface area contributed by atoms with Crippen molar-refractivity contribution in [2.75, 3.05) is 4.72 Å². The summed E-state index contributed by atoms with van der Waals surface area (Å²) < 4.78 is 13.8. The van der Waals surface area contributed by atoms with Gasteiger partial charge >= 0.3 is 0 Å². The molecule has 0 amide bonds. The highest BCUT2D eigenvalue weighted by Crippen LogP contribution is 2.05. The molecule has 1 aromatic carbocycles. The summed E-state index contributed by atoms with van der Waals surface area (Å²) in [5, 5.41) is 2.51. The van der Waals surface area contributed by atoms with E-state index in [0.29, 0.717) is 0 Å². The van der Waals surface area contributed by atoms with Crippen LogP contribution in [-0.4, -0.2) is 4.21 Å². The number of hydrogen-bond donors (Lipinski definition) is 1. The maximum Gasteiger partial charge on any atom is 0.196 e. The van der Waals surface area contributed by atoms with Crippen molar-refractivity contribution in [1.29, 1.82) is 0 Å². The minimum atomic E-state index is -1.28. The van der Waals surface area contributed by atoms with Gasteiger partial charge in [0.2, 0.25) is 0 Å². The van der Waals surface area contributed by atoms with Crippen molar-refractivity contribution in [3.05, 3.63) is 30.3 Å². The van der Waals surface area contributed by atoms with Crippen LogP contribution in [0.25, 0.3) is 0 Å². The lowest BCUT2D eigenvalue weighted by atomic mass is 10.3. The van der Waals surface area contributed by atoms with E-state index in [-0.39, 0.29) is 0 Å². The van der Waals surface area contributed by atoms with Gasteiger partial charge in [-0.3, -0.25) is 4.72 Å². The Labute approximate surface area is 74.6 Å². The van der Waals surface area contributed by atoms with Gasteiger partial charge in [0.05, 0.1) is 0 Å². The number of anilines is 1. The Kier molecular flexibility index (Phi) is 3.36. The third-order valence-corrected chi connectivity index (χ3v) is 1.99. The molecule has 1 rings (SSSR count). The van der Waals surface area contributed by atoms with Crippen LogP contribution in [0.3, 0.4) is 0 Å². The van der Waals surface area contributed by atoms with Crippen LogP contribution in [0.1, 0.15) is 6.92 Å². The van der Waals surface area contributed by atoms with E-state index in [4.69, 9.17) is 0 Å². The Bertz CT molecular complexity index is 323. The molecule has 0 heterocycles. The summed E-state index contributed by atoms with van der Waals surface area (Å²) in [5.74, 6) is 2.58.